The van der Waals surface area contributed by atoms with Gasteiger partial charge in [-0.3, -0.25) is 4.90 Å². The van der Waals surface area contributed by atoms with Crippen LogP contribution in [0.15, 0.2) is 24.3 Å². The van der Waals surface area contributed by atoms with Crippen LogP contribution in [-0.4, -0.2) is 30.6 Å². The minimum atomic E-state index is 0.700. The Hall–Kier alpha value is -0.570. The first-order valence-corrected chi connectivity index (χ1v) is 7.87. The highest BCUT2D eigenvalue weighted by Gasteiger charge is 2.26. The minimum absolute atomic E-state index is 0.700. The number of nitrogens with zero attached hydrogens (tertiary/aromatic N) is 1. The van der Waals surface area contributed by atoms with Crippen molar-refractivity contribution in [1.82, 2.24) is 10.2 Å². The predicted octanol–water partition coefficient (Wildman–Crippen LogP) is 3.30. The Labute approximate surface area is 121 Å². The molecule has 1 atom stereocenters. The first-order chi connectivity index (χ1) is 9.29. The predicted molar refractivity (Wildman–Crippen MR) is 80.5 cm³/mol. The van der Waals surface area contributed by atoms with E-state index in [1.165, 1.54) is 50.9 Å². The summed E-state index contributed by atoms with van der Waals surface area (Å²) in [5.74, 6) is 0.953. The van der Waals surface area contributed by atoms with Crippen LogP contribution in [0.3, 0.4) is 0 Å². The molecule has 3 heteroatoms. The molecule has 104 valence electrons. The molecule has 1 aromatic carbocycles. The SMILES string of the molecule is Clc1ccc(CN(CC2CC2)CC2CCCN2)cc1. The summed E-state index contributed by atoms with van der Waals surface area (Å²) >= 11 is 5.96. The van der Waals surface area contributed by atoms with Gasteiger partial charge in [-0.15, -0.1) is 0 Å². The average molecular weight is 279 g/mol. The van der Waals surface area contributed by atoms with E-state index < -0.39 is 0 Å². The van der Waals surface area contributed by atoms with Gasteiger partial charge in [0.1, 0.15) is 0 Å². The van der Waals surface area contributed by atoms with Crippen LogP contribution in [0.1, 0.15) is 31.2 Å². The number of halogens is 1. The molecule has 1 aromatic rings. The Balaban J connectivity index is 1.58. The van der Waals surface area contributed by atoms with Gasteiger partial charge in [-0.05, 0) is 55.8 Å². The topological polar surface area (TPSA) is 15.3 Å². The largest absolute Gasteiger partial charge is 0.313 e. The maximum atomic E-state index is 5.96. The lowest BCUT2D eigenvalue weighted by atomic mass is 10.1. The van der Waals surface area contributed by atoms with Crippen LogP contribution in [0.25, 0.3) is 0 Å². The highest BCUT2D eigenvalue weighted by molar-refractivity contribution is 6.30. The molecule has 1 unspecified atom stereocenters. The van der Waals surface area contributed by atoms with Gasteiger partial charge in [0, 0.05) is 30.7 Å². The highest BCUT2D eigenvalue weighted by atomic mass is 35.5. The van der Waals surface area contributed by atoms with E-state index >= 15 is 0 Å². The van der Waals surface area contributed by atoms with Gasteiger partial charge in [0.2, 0.25) is 0 Å². The summed E-state index contributed by atoms with van der Waals surface area (Å²) < 4.78 is 0. The van der Waals surface area contributed by atoms with Crippen molar-refractivity contribution in [3.8, 4) is 0 Å². The van der Waals surface area contributed by atoms with Crippen molar-refractivity contribution >= 4 is 11.6 Å². The van der Waals surface area contributed by atoms with E-state index in [9.17, 15) is 0 Å². The number of nitrogens with one attached hydrogen (secondary N) is 1. The number of hydrogen-bond donors (Lipinski definition) is 1. The first kappa shape index (κ1) is 13.4. The van der Waals surface area contributed by atoms with Crippen LogP contribution >= 0.6 is 11.6 Å². The monoisotopic (exact) mass is 278 g/mol. The normalized spacial score (nSPS) is 23.2. The van der Waals surface area contributed by atoms with Gasteiger partial charge in [-0.25, -0.2) is 0 Å². The van der Waals surface area contributed by atoms with Gasteiger partial charge in [-0.1, -0.05) is 23.7 Å². The summed E-state index contributed by atoms with van der Waals surface area (Å²) in [7, 11) is 0. The van der Waals surface area contributed by atoms with Crippen LogP contribution in [0.2, 0.25) is 5.02 Å². The first-order valence-electron chi connectivity index (χ1n) is 7.50. The Morgan fingerprint density at radius 2 is 1.89 bits per heavy atom. The zero-order valence-corrected chi connectivity index (χ0v) is 12.2. The molecule has 1 saturated carbocycles. The van der Waals surface area contributed by atoms with Crippen LogP contribution in [0.4, 0.5) is 0 Å². The van der Waals surface area contributed by atoms with Gasteiger partial charge in [0.05, 0.1) is 0 Å². The van der Waals surface area contributed by atoms with Crippen LogP contribution in [0, 0.1) is 5.92 Å². The van der Waals surface area contributed by atoms with Crippen molar-refractivity contribution in [2.75, 3.05) is 19.6 Å². The van der Waals surface area contributed by atoms with Gasteiger partial charge in [-0.2, -0.15) is 0 Å². The second-order valence-electron chi connectivity index (χ2n) is 6.06. The number of hydrogen-bond acceptors (Lipinski definition) is 2. The smallest absolute Gasteiger partial charge is 0.0406 e. The third kappa shape index (κ3) is 4.20. The summed E-state index contributed by atoms with van der Waals surface area (Å²) in [6, 6.07) is 9.01. The number of rotatable bonds is 6. The summed E-state index contributed by atoms with van der Waals surface area (Å²) in [5.41, 5.74) is 1.38. The number of benzene rings is 1. The van der Waals surface area contributed by atoms with Crippen LogP contribution in [0.5, 0.6) is 0 Å². The molecule has 2 fully saturated rings. The standard InChI is InChI=1S/C16H23ClN2/c17-15-7-5-14(6-8-15)11-19(10-13-3-4-13)12-16-2-1-9-18-16/h5-8,13,16,18H,1-4,9-12H2. The molecule has 1 saturated heterocycles. The Bertz CT molecular complexity index is 394. The lowest BCUT2D eigenvalue weighted by Gasteiger charge is -2.25. The van der Waals surface area contributed by atoms with E-state index in [-0.39, 0.29) is 0 Å². The quantitative estimate of drug-likeness (QED) is 0.859. The fraction of sp³-hybridized carbons (Fsp3) is 0.625. The van der Waals surface area contributed by atoms with E-state index in [0.717, 1.165) is 17.5 Å². The molecule has 1 heterocycles. The van der Waals surface area contributed by atoms with Gasteiger partial charge >= 0.3 is 0 Å². The second-order valence-corrected chi connectivity index (χ2v) is 6.49. The molecule has 2 nitrogen and oxygen atoms in total. The van der Waals surface area contributed by atoms with Crippen molar-refractivity contribution in [3.05, 3.63) is 34.9 Å². The van der Waals surface area contributed by atoms with Crippen molar-refractivity contribution in [2.45, 2.75) is 38.3 Å². The Morgan fingerprint density at radius 1 is 1.11 bits per heavy atom. The lowest BCUT2D eigenvalue weighted by Crippen LogP contribution is -2.38. The summed E-state index contributed by atoms with van der Waals surface area (Å²) in [5, 5.41) is 4.44. The molecule has 0 spiro atoms. The zero-order chi connectivity index (χ0) is 13.1. The van der Waals surface area contributed by atoms with Crippen molar-refractivity contribution in [1.29, 1.82) is 0 Å². The molecule has 1 aliphatic heterocycles. The fourth-order valence-corrected chi connectivity index (χ4v) is 3.07. The summed E-state index contributed by atoms with van der Waals surface area (Å²) in [4.78, 5) is 2.63. The maximum absolute atomic E-state index is 5.96. The zero-order valence-electron chi connectivity index (χ0n) is 11.4. The van der Waals surface area contributed by atoms with E-state index in [4.69, 9.17) is 11.6 Å². The fourth-order valence-electron chi connectivity index (χ4n) is 2.94. The molecule has 3 rings (SSSR count). The van der Waals surface area contributed by atoms with Crippen molar-refractivity contribution < 1.29 is 0 Å². The van der Waals surface area contributed by atoms with E-state index in [1.54, 1.807) is 0 Å². The molecule has 0 amide bonds. The third-order valence-corrected chi connectivity index (χ3v) is 4.43. The molecule has 0 radical (unpaired) electrons. The van der Waals surface area contributed by atoms with Crippen molar-refractivity contribution in [3.63, 3.8) is 0 Å². The van der Waals surface area contributed by atoms with Gasteiger partial charge < -0.3 is 5.32 Å². The average Bonchev–Trinajstić information content (AvgIpc) is 3.06. The molecule has 1 N–H and O–H groups in total. The van der Waals surface area contributed by atoms with E-state index in [0.29, 0.717) is 6.04 Å². The molecular weight excluding hydrogens is 256 g/mol. The third-order valence-electron chi connectivity index (χ3n) is 4.17. The van der Waals surface area contributed by atoms with Crippen LogP contribution in [-0.2, 0) is 6.54 Å². The molecule has 0 aromatic heterocycles. The second kappa shape index (κ2) is 6.25. The molecule has 1 aliphatic carbocycles. The lowest BCUT2D eigenvalue weighted by molar-refractivity contribution is 0.232. The minimum Gasteiger partial charge on any atom is -0.313 e. The summed E-state index contributed by atoms with van der Waals surface area (Å²) in [6.07, 6.45) is 5.52. The Kier molecular flexibility index (Phi) is 4.42. The molecular formula is C16H23ClN2. The van der Waals surface area contributed by atoms with Gasteiger partial charge in [0.25, 0.3) is 0 Å². The summed E-state index contributed by atoms with van der Waals surface area (Å²) in [6.45, 7) is 4.72. The molecule has 0 bridgehead atoms. The van der Waals surface area contributed by atoms with Gasteiger partial charge in [0.15, 0.2) is 0 Å². The van der Waals surface area contributed by atoms with E-state index in [1.807, 2.05) is 12.1 Å². The van der Waals surface area contributed by atoms with Crippen LogP contribution < -0.4 is 5.32 Å². The Morgan fingerprint density at radius 3 is 2.53 bits per heavy atom. The van der Waals surface area contributed by atoms with E-state index in [2.05, 4.69) is 22.3 Å². The molecule has 2 aliphatic rings. The highest BCUT2D eigenvalue weighted by Crippen LogP contribution is 2.30. The molecule has 19 heavy (non-hydrogen) atoms. The van der Waals surface area contributed by atoms with Crippen molar-refractivity contribution in [2.24, 2.45) is 5.92 Å². The maximum Gasteiger partial charge on any atom is 0.0406 e.